The van der Waals surface area contributed by atoms with Gasteiger partial charge in [0.25, 0.3) is 0 Å². The number of aliphatic imine (C=N–C) groups is 1. The maximum atomic E-state index is 5.83. The van der Waals surface area contributed by atoms with E-state index in [0.29, 0.717) is 5.92 Å². The number of allylic oxidation sites excluding steroid dienone is 1. The molecular weight excluding hydrogens is 278 g/mol. The molecule has 0 aromatic rings. The Morgan fingerprint density at radius 1 is 1.32 bits per heavy atom. The lowest BCUT2D eigenvalue weighted by atomic mass is 9.85. The van der Waals surface area contributed by atoms with Gasteiger partial charge in [-0.2, -0.15) is 0 Å². The van der Waals surface area contributed by atoms with E-state index in [1.54, 1.807) is 11.9 Å². The van der Waals surface area contributed by atoms with Crippen LogP contribution in [0.2, 0.25) is 0 Å². The number of amidine groups is 1. The molecule has 0 atom stereocenters. The summed E-state index contributed by atoms with van der Waals surface area (Å²) in [5, 5.41) is 0.167. The summed E-state index contributed by atoms with van der Waals surface area (Å²) in [4.78, 5) is 4.45. The van der Waals surface area contributed by atoms with Crippen LogP contribution in [0.1, 0.15) is 52.4 Å². The van der Waals surface area contributed by atoms with Crippen LogP contribution >= 0.6 is 23.5 Å². The average Bonchev–Trinajstić information content (AvgIpc) is 2.42. The molecule has 3 nitrogen and oxygen atoms in total. The second kappa shape index (κ2) is 9.67. The predicted molar refractivity (Wildman–Crippen MR) is 87.5 cm³/mol. The average molecular weight is 304 g/mol. The Morgan fingerprint density at radius 2 is 2.00 bits per heavy atom. The molecular formula is C14H26ClN3S. The first kappa shape index (κ1) is 16.9. The van der Waals surface area contributed by atoms with E-state index in [4.69, 9.17) is 17.3 Å². The highest BCUT2D eigenvalue weighted by Gasteiger charge is 2.20. The Morgan fingerprint density at radius 3 is 2.53 bits per heavy atom. The zero-order chi connectivity index (χ0) is 14.1. The van der Waals surface area contributed by atoms with Crippen molar-refractivity contribution in [3.63, 3.8) is 0 Å². The number of hydrogen-bond donors (Lipinski definition) is 2. The van der Waals surface area contributed by atoms with Crippen molar-refractivity contribution in [3.8, 4) is 0 Å². The Bertz CT molecular complexity index is 319. The standard InChI is InChI=1S/C14H26ClN3S/c1-3-11(10-19-17-4-2)13(18-14(15)16)12-8-6-5-7-9-12/h12,17H,3-10H2,1-2H3,(H2,16,18)/b13-11-. The largest absolute Gasteiger partial charge is 0.374 e. The van der Waals surface area contributed by atoms with Crippen molar-refractivity contribution in [2.24, 2.45) is 16.6 Å². The van der Waals surface area contributed by atoms with Gasteiger partial charge in [-0.1, -0.05) is 45.1 Å². The summed E-state index contributed by atoms with van der Waals surface area (Å²) in [6.45, 7) is 5.27. The van der Waals surface area contributed by atoms with E-state index < -0.39 is 0 Å². The summed E-state index contributed by atoms with van der Waals surface area (Å²) in [7, 11) is 0. The van der Waals surface area contributed by atoms with Gasteiger partial charge in [-0.15, -0.1) is 0 Å². The Hall–Kier alpha value is -0.190. The molecule has 1 fully saturated rings. The third-order valence-electron chi connectivity index (χ3n) is 3.50. The molecule has 3 N–H and O–H groups in total. The topological polar surface area (TPSA) is 50.4 Å². The maximum absolute atomic E-state index is 5.83. The first-order valence-electron chi connectivity index (χ1n) is 7.25. The first-order valence-corrected chi connectivity index (χ1v) is 8.61. The van der Waals surface area contributed by atoms with Crippen LogP contribution in [0.4, 0.5) is 0 Å². The van der Waals surface area contributed by atoms with Gasteiger partial charge in [-0.05, 0) is 36.4 Å². The van der Waals surface area contributed by atoms with Gasteiger partial charge in [0.1, 0.15) is 0 Å². The molecule has 0 aliphatic heterocycles. The van der Waals surface area contributed by atoms with Crippen LogP contribution in [0.5, 0.6) is 0 Å². The van der Waals surface area contributed by atoms with Crippen molar-refractivity contribution in [1.29, 1.82) is 0 Å². The third-order valence-corrected chi connectivity index (χ3v) is 4.57. The van der Waals surface area contributed by atoms with Gasteiger partial charge in [0, 0.05) is 23.9 Å². The second-order valence-electron chi connectivity index (χ2n) is 4.90. The van der Waals surface area contributed by atoms with Crippen LogP contribution in [0, 0.1) is 5.92 Å². The summed E-state index contributed by atoms with van der Waals surface area (Å²) in [5.41, 5.74) is 8.14. The molecule has 19 heavy (non-hydrogen) atoms. The van der Waals surface area contributed by atoms with E-state index in [-0.39, 0.29) is 5.29 Å². The highest BCUT2D eigenvalue weighted by atomic mass is 35.5. The number of nitrogens with one attached hydrogen (secondary N) is 1. The van der Waals surface area contributed by atoms with Gasteiger partial charge in [-0.25, -0.2) is 4.99 Å². The van der Waals surface area contributed by atoms with Crippen LogP contribution in [0.25, 0.3) is 0 Å². The number of hydrogen-bond acceptors (Lipinski definition) is 3. The van der Waals surface area contributed by atoms with Crippen molar-refractivity contribution >= 4 is 28.8 Å². The quantitative estimate of drug-likeness (QED) is 0.245. The van der Waals surface area contributed by atoms with Crippen LogP contribution in [0.3, 0.4) is 0 Å². The SMILES string of the molecule is CCNSC/C(CC)=C(\N=C(N)Cl)C1CCCCC1. The van der Waals surface area contributed by atoms with Crippen molar-refractivity contribution < 1.29 is 0 Å². The van der Waals surface area contributed by atoms with Gasteiger partial charge in [-0.3, -0.25) is 4.72 Å². The summed E-state index contributed by atoms with van der Waals surface area (Å²) < 4.78 is 3.29. The van der Waals surface area contributed by atoms with Crippen molar-refractivity contribution in [3.05, 3.63) is 11.3 Å². The summed E-state index contributed by atoms with van der Waals surface area (Å²) in [5.74, 6) is 1.51. The Balaban J connectivity index is 2.86. The highest BCUT2D eigenvalue weighted by Crippen LogP contribution is 2.33. The lowest BCUT2D eigenvalue weighted by Crippen LogP contribution is -2.14. The summed E-state index contributed by atoms with van der Waals surface area (Å²) in [6, 6.07) is 0. The molecule has 0 aromatic heterocycles. The van der Waals surface area contributed by atoms with Crippen molar-refractivity contribution in [2.75, 3.05) is 12.3 Å². The van der Waals surface area contributed by atoms with Gasteiger partial charge < -0.3 is 5.73 Å². The van der Waals surface area contributed by atoms with Gasteiger partial charge in [0.15, 0.2) is 5.29 Å². The molecule has 1 rings (SSSR count). The van der Waals surface area contributed by atoms with Gasteiger partial charge in [0.2, 0.25) is 0 Å². The Kier molecular flexibility index (Phi) is 8.58. The van der Waals surface area contributed by atoms with Crippen molar-refractivity contribution in [2.45, 2.75) is 52.4 Å². The van der Waals surface area contributed by atoms with E-state index in [0.717, 1.165) is 24.4 Å². The van der Waals surface area contributed by atoms with Gasteiger partial charge in [0.05, 0.1) is 0 Å². The molecule has 0 bridgehead atoms. The van der Waals surface area contributed by atoms with Gasteiger partial charge >= 0.3 is 0 Å². The fourth-order valence-corrected chi connectivity index (χ4v) is 3.47. The molecule has 0 heterocycles. The zero-order valence-electron chi connectivity index (χ0n) is 12.0. The van der Waals surface area contributed by atoms with E-state index in [9.17, 15) is 0 Å². The maximum Gasteiger partial charge on any atom is 0.193 e. The first-order chi connectivity index (χ1) is 9.19. The lowest BCUT2D eigenvalue weighted by Gasteiger charge is -2.24. The molecule has 0 amide bonds. The molecule has 0 saturated heterocycles. The molecule has 110 valence electrons. The fourth-order valence-electron chi connectivity index (χ4n) is 2.55. The third kappa shape index (κ3) is 6.19. The van der Waals surface area contributed by atoms with E-state index in [1.807, 2.05) is 0 Å². The molecule has 5 heteroatoms. The highest BCUT2D eigenvalue weighted by molar-refractivity contribution is 7.97. The summed E-state index contributed by atoms with van der Waals surface area (Å²) >= 11 is 7.57. The van der Waals surface area contributed by atoms with Crippen LogP contribution in [-0.2, 0) is 0 Å². The van der Waals surface area contributed by atoms with Crippen LogP contribution in [-0.4, -0.2) is 17.6 Å². The molecule has 0 radical (unpaired) electrons. The monoisotopic (exact) mass is 303 g/mol. The molecule has 0 unspecified atom stereocenters. The minimum Gasteiger partial charge on any atom is -0.374 e. The minimum atomic E-state index is 0.167. The number of halogens is 1. The smallest absolute Gasteiger partial charge is 0.193 e. The second-order valence-corrected chi connectivity index (χ2v) is 6.15. The fraction of sp³-hybridized carbons (Fsp3) is 0.786. The number of nitrogens with two attached hydrogens (primary N) is 1. The molecule has 0 spiro atoms. The molecule has 1 saturated carbocycles. The summed E-state index contributed by atoms with van der Waals surface area (Å²) in [6.07, 6.45) is 7.39. The van der Waals surface area contributed by atoms with Crippen LogP contribution < -0.4 is 10.5 Å². The molecule has 0 aromatic carbocycles. The van der Waals surface area contributed by atoms with E-state index in [1.165, 1.54) is 37.7 Å². The zero-order valence-corrected chi connectivity index (χ0v) is 13.6. The predicted octanol–water partition coefficient (Wildman–Crippen LogP) is 4.04. The van der Waals surface area contributed by atoms with Crippen molar-refractivity contribution in [1.82, 2.24) is 4.72 Å². The van der Waals surface area contributed by atoms with E-state index >= 15 is 0 Å². The molecule has 1 aliphatic carbocycles. The normalized spacial score (nSPS) is 19.4. The minimum absolute atomic E-state index is 0.167. The lowest BCUT2D eigenvalue weighted by molar-refractivity contribution is 0.398. The Labute approximate surface area is 126 Å². The van der Waals surface area contributed by atoms with E-state index in [2.05, 4.69) is 23.6 Å². The molecule has 1 aliphatic rings. The number of nitrogens with zero attached hydrogens (tertiary/aromatic N) is 1. The van der Waals surface area contributed by atoms with Crippen LogP contribution in [0.15, 0.2) is 16.3 Å². The number of rotatable bonds is 7.